The molecule has 1 saturated heterocycles. The van der Waals surface area contributed by atoms with Crippen molar-refractivity contribution in [3.8, 4) is 0 Å². The fourth-order valence-corrected chi connectivity index (χ4v) is 2.91. The van der Waals surface area contributed by atoms with E-state index in [9.17, 15) is 0 Å². The summed E-state index contributed by atoms with van der Waals surface area (Å²) in [5.41, 5.74) is 5.62. The lowest BCUT2D eigenvalue weighted by atomic mass is 10.0. The molecule has 2 heterocycles. The molecule has 1 aromatic rings. The molecule has 0 amide bonds. The van der Waals surface area contributed by atoms with Crippen LogP contribution in [0.25, 0.3) is 0 Å². The van der Waals surface area contributed by atoms with E-state index < -0.39 is 0 Å². The first kappa shape index (κ1) is 10.1. The molecule has 1 aliphatic heterocycles. The summed E-state index contributed by atoms with van der Waals surface area (Å²) in [6.07, 6.45) is 5.77. The smallest absolute Gasteiger partial charge is 0.110 e. The summed E-state index contributed by atoms with van der Waals surface area (Å²) in [7, 11) is 0. The van der Waals surface area contributed by atoms with Crippen molar-refractivity contribution >= 4 is 11.3 Å². The Morgan fingerprint density at radius 1 is 1.57 bits per heavy atom. The quantitative estimate of drug-likeness (QED) is 0.826. The van der Waals surface area contributed by atoms with Crippen molar-refractivity contribution in [3.05, 3.63) is 16.6 Å². The zero-order valence-electron chi connectivity index (χ0n) is 8.35. The van der Waals surface area contributed by atoms with Gasteiger partial charge in [0.05, 0.1) is 6.04 Å². The van der Waals surface area contributed by atoms with E-state index in [1.54, 1.807) is 11.3 Å². The number of aromatic nitrogens is 1. The number of rotatable bonds is 3. The second-order valence-electron chi connectivity index (χ2n) is 3.71. The summed E-state index contributed by atoms with van der Waals surface area (Å²) in [5, 5.41) is 3.32. The summed E-state index contributed by atoms with van der Waals surface area (Å²) in [6, 6.07) is 0.535. The van der Waals surface area contributed by atoms with Crippen LogP contribution >= 0.6 is 11.3 Å². The van der Waals surface area contributed by atoms with E-state index in [2.05, 4.69) is 15.3 Å². The van der Waals surface area contributed by atoms with E-state index in [-0.39, 0.29) is 0 Å². The van der Waals surface area contributed by atoms with Crippen LogP contribution in [0, 0.1) is 0 Å². The van der Waals surface area contributed by atoms with E-state index in [4.69, 9.17) is 5.73 Å². The summed E-state index contributed by atoms with van der Waals surface area (Å²) in [6.45, 7) is 2.94. The van der Waals surface area contributed by atoms with E-state index in [0.717, 1.165) is 13.1 Å². The molecule has 1 fully saturated rings. The Kier molecular flexibility index (Phi) is 3.50. The van der Waals surface area contributed by atoms with Gasteiger partial charge in [0, 0.05) is 24.7 Å². The number of likely N-dealkylation sites (tertiary alicyclic amines) is 1. The number of nitrogens with two attached hydrogens (primary N) is 1. The number of nitrogens with zero attached hydrogens (tertiary/aromatic N) is 2. The van der Waals surface area contributed by atoms with Crippen molar-refractivity contribution in [1.29, 1.82) is 0 Å². The minimum atomic E-state index is 0.535. The Bertz CT molecular complexity index is 258. The molecule has 0 spiro atoms. The summed E-state index contributed by atoms with van der Waals surface area (Å²) < 4.78 is 0. The molecule has 14 heavy (non-hydrogen) atoms. The SMILES string of the molecule is NCCN1CCCCC1c1nccs1. The maximum absolute atomic E-state index is 5.62. The number of hydrogen-bond acceptors (Lipinski definition) is 4. The second-order valence-corrected chi connectivity index (χ2v) is 4.63. The lowest BCUT2D eigenvalue weighted by Crippen LogP contribution is -2.36. The molecule has 0 bridgehead atoms. The highest BCUT2D eigenvalue weighted by atomic mass is 32.1. The highest BCUT2D eigenvalue weighted by Gasteiger charge is 2.24. The van der Waals surface area contributed by atoms with Crippen LogP contribution in [0.15, 0.2) is 11.6 Å². The maximum atomic E-state index is 5.62. The molecule has 1 atom stereocenters. The van der Waals surface area contributed by atoms with Gasteiger partial charge >= 0.3 is 0 Å². The molecule has 0 aliphatic carbocycles. The molecule has 78 valence electrons. The highest BCUT2D eigenvalue weighted by Crippen LogP contribution is 2.31. The van der Waals surface area contributed by atoms with Crippen LogP contribution in [0.1, 0.15) is 30.3 Å². The summed E-state index contributed by atoms with van der Waals surface area (Å²) >= 11 is 1.77. The predicted octanol–water partition coefficient (Wildman–Crippen LogP) is 1.63. The molecule has 0 radical (unpaired) electrons. The predicted molar refractivity (Wildman–Crippen MR) is 59.3 cm³/mol. The molecule has 2 N–H and O–H groups in total. The minimum Gasteiger partial charge on any atom is -0.329 e. The Balaban J connectivity index is 2.06. The first-order valence-corrected chi connectivity index (χ1v) is 6.13. The number of thiazole rings is 1. The monoisotopic (exact) mass is 211 g/mol. The summed E-state index contributed by atoms with van der Waals surface area (Å²) in [4.78, 5) is 6.88. The lowest BCUT2D eigenvalue weighted by Gasteiger charge is -2.34. The Labute approximate surface area is 88.9 Å². The van der Waals surface area contributed by atoms with Gasteiger partial charge in [-0.3, -0.25) is 4.90 Å². The van der Waals surface area contributed by atoms with Gasteiger partial charge in [0.2, 0.25) is 0 Å². The normalized spacial score (nSPS) is 23.9. The van der Waals surface area contributed by atoms with E-state index in [1.165, 1.54) is 30.8 Å². The van der Waals surface area contributed by atoms with Crippen LogP contribution in [0.3, 0.4) is 0 Å². The third-order valence-corrected chi connectivity index (χ3v) is 3.64. The van der Waals surface area contributed by atoms with Gasteiger partial charge in [0.25, 0.3) is 0 Å². The third-order valence-electron chi connectivity index (χ3n) is 2.77. The van der Waals surface area contributed by atoms with Crippen molar-refractivity contribution in [2.24, 2.45) is 5.73 Å². The molecule has 0 saturated carbocycles. The van der Waals surface area contributed by atoms with Gasteiger partial charge in [0.1, 0.15) is 5.01 Å². The van der Waals surface area contributed by atoms with E-state index in [0.29, 0.717) is 6.04 Å². The number of hydrogen-bond donors (Lipinski definition) is 1. The van der Waals surface area contributed by atoms with E-state index in [1.807, 2.05) is 6.20 Å². The minimum absolute atomic E-state index is 0.535. The zero-order valence-corrected chi connectivity index (χ0v) is 9.17. The van der Waals surface area contributed by atoms with Crippen LogP contribution < -0.4 is 5.73 Å². The van der Waals surface area contributed by atoms with Crippen LogP contribution in [0.5, 0.6) is 0 Å². The second kappa shape index (κ2) is 4.87. The molecule has 4 heteroatoms. The van der Waals surface area contributed by atoms with Gasteiger partial charge < -0.3 is 5.73 Å². The average molecular weight is 211 g/mol. The first-order valence-electron chi connectivity index (χ1n) is 5.25. The molecule has 0 aromatic carbocycles. The van der Waals surface area contributed by atoms with Gasteiger partial charge in [-0.25, -0.2) is 4.98 Å². The molecule has 3 nitrogen and oxygen atoms in total. The van der Waals surface area contributed by atoms with Crippen molar-refractivity contribution in [2.45, 2.75) is 25.3 Å². The average Bonchev–Trinajstić information content (AvgIpc) is 2.72. The van der Waals surface area contributed by atoms with Crippen LogP contribution in [-0.2, 0) is 0 Å². The molecular formula is C10H17N3S. The fraction of sp³-hybridized carbons (Fsp3) is 0.700. The summed E-state index contributed by atoms with van der Waals surface area (Å²) in [5.74, 6) is 0. The lowest BCUT2D eigenvalue weighted by molar-refractivity contribution is 0.153. The molecule has 1 unspecified atom stereocenters. The fourth-order valence-electron chi connectivity index (χ4n) is 2.10. The number of piperidine rings is 1. The molecule has 1 aliphatic rings. The largest absolute Gasteiger partial charge is 0.329 e. The maximum Gasteiger partial charge on any atom is 0.110 e. The van der Waals surface area contributed by atoms with Crippen LogP contribution in [0.2, 0.25) is 0 Å². The molecular weight excluding hydrogens is 194 g/mol. The van der Waals surface area contributed by atoms with Gasteiger partial charge in [0.15, 0.2) is 0 Å². The van der Waals surface area contributed by atoms with Crippen molar-refractivity contribution < 1.29 is 0 Å². The molecule has 2 rings (SSSR count). The first-order chi connectivity index (χ1) is 6.92. The van der Waals surface area contributed by atoms with Gasteiger partial charge in [-0.1, -0.05) is 6.42 Å². The molecule has 1 aromatic heterocycles. The highest BCUT2D eigenvalue weighted by molar-refractivity contribution is 7.09. The topological polar surface area (TPSA) is 42.1 Å². The standard InChI is InChI=1S/C10H17N3S/c11-4-7-13-6-2-1-3-9(13)10-12-5-8-14-10/h5,8-9H,1-4,6-7,11H2. The zero-order chi connectivity index (χ0) is 9.80. The van der Waals surface area contributed by atoms with Gasteiger partial charge in [-0.2, -0.15) is 0 Å². The van der Waals surface area contributed by atoms with Crippen LogP contribution in [-0.4, -0.2) is 29.5 Å². The Morgan fingerprint density at radius 3 is 3.21 bits per heavy atom. The Morgan fingerprint density at radius 2 is 2.50 bits per heavy atom. The van der Waals surface area contributed by atoms with Crippen molar-refractivity contribution in [3.63, 3.8) is 0 Å². The van der Waals surface area contributed by atoms with Crippen molar-refractivity contribution in [2.75, 3.05) is 19.6 Å². The van der Waals surface area contributed by atoms with E-state index >= 15 is 0 Å². The van der Waals surface area contributed by atoms with Gasteiger partial charge in [-0.05, 0) is 19.4 Å². The Hall–Kier alpha value is -0.450. The third kappa shape index (κ3) is 2.13. The van der Waals surface area contributed by atoms with Crippen LogP contribution in [0.4, 0.5) is 0 Å². The van der Waals surface area contributed by atoms with Crippen molar-refractivity contribution in [1.82, 2.24) is 9.88 Å². The van der Waals surface area contributed by atoms with Gasteiger partial charge in [-0.15, -0.1) is 11.3 Å².